The Balaban J connectivity index is 3.12. The molecule has 0 heterocycles. The van der Waals surface area contributed by atoms with Gasteiger partial charge in [0.25, 0.3) is 11.6 Å². The number of carbonyl (C=O) groups excluding carboxylic acids is 1. The molecule has 0 saturated heterocycles. The number of carboxylic acid groups (broad SMARTS) is 1. The summed E-state index contributed by atoms with van der Waals surface area (Å²) in [6, 6.07) is 2.05. The molecule has 0 unspecified atom stereocenters. The van der Waals surface area contributed by atoms with Gasteiger partial charge in [-0.2, -0.15) is 0 Å². The second-order valence-corrected chi connectivity index (χ2v) is 3.85. The summed E-state index contributed by atoms with van der Waals surface area (Å²) < 4.78 is 0. The molecule has 0 aliphatic heterocycles. The number of aliphatic hydroxyl groups is 1. The Morgan fingerprint density at radius 2 is 2.11 bits per heavy atom. The number of amides is 1. The Morgan fingerprint density at radius 1 is 1.47 bits per heavy atom. The van der Waals surface area contributed by atoms with Crippen LogP contribution in [-0.4, -0.2) is 39.7 Å². The van der Waals surface area contributed by atoms with Crippen molar-refractivity contribution in [3.05, 3.63) is 38.9 Å². The highest BCUT2D eigenvalue weighted by atomic mass is 35.5. The van der Waals surface area contributed by atoms with E-state index >= 15 is 0 Å². The van der Waals surface area contributed by atoms with Gasteiger partial charge in [0, 0.05) is 6.07 Å². The molecular formula is C10H9ClN2O6. The Hall–Kier alpha value is -2.19. The number of nitro benzene ring substituents is 1. The second kappa shape index (κ2) is 6.12. The highest BCUT2D eigenvalue weighted by Gasteiger charge is 2.27. The lowest BCUT2D eigenvalue weighted by molar-refractivity contribution is -0.385. The quantitative estimate of drug-likeness (QED) is 0.532. The van der Waals surface area contributed by atoms with E-state index in [1.165, 1.54) is 12.1 Å². The van der Waals surface area contributed by atoms with Crippen molar-refractivity contribution in [3.63, 3.8) is 0 Å². The topological polar surface area (TPSA) is 130 Å². The average Bonchev–Trinajstić information content (AvgIpc) is 2.34. The molecule has 1 aromatic rings. The molecule has 0 aliphatic rings. The summed E-state index contributed by atoms with van der Waals surface area (Å²) in [5, 5.41) is 30.0. The van der Waals surface area contributed by atoms with E-state index in [4.69, 9.17) is 21.8 Å². The summed E-state index contributed by atoms with van der Waals surface area (Å²) in [6.07, 6.45) is 0. The molecule has 0 bridgehead atoms. The lowest BCUT2D eigenvalue weighted by Crippen LogP contribution is -2.43. The van der Waals surface area contributed by atoms with Crippen LogP contribution in [0.5, 0.6) is 0 Å². The third-order valence-electron chi connectivity index (χ3n) is 2.20. The van der Waals surface area contributed by atoms with Crippen LogP contribution < -0.4 is 5.32 Å². The van der Waals surface area contributed by atoms with E-state index in [9.17, 15) is 19.7 Å². The van der Waals surface area contributed by atoms with Crippen molar-refractivity contribution in [2.24, 2.45) is 0 Å². The lowest BCUT2D eigenvalue weighted by atomic mass is 10.1. The van der Waals surface area contributed by atoms with Gasteiger partial charge >= 0.3 is 5.97 Å². The van der Waals surface area contributed by atoms with Gasteiger partial charge < -0.3 is 15.5 Å². The molecule has 3 N–H and O–H groups in total. The van der Waals surface area contributed by atoms with E-state index in [1.807, 2.05) is 5.32 Å². The number of benzene rings is 1. The number of hydrogen-bond donors (Lipinski definition) is 3. The zero-order chi connectivity index (χ0) is 14.6. The zero-order valence-corrected chi connectivity index (χ0v) is 10.1. The number of hydrogen-bond acceptors (Lipinski definition) is 5. The largest absolute Gasteiger partial charge is 0.480 e. The van der Waals surface area contributed by atoms with E-state index in [0.29, 0.717) is 0 Å². The van der Waals surface area contributed by atoms with Crippen molar-refractivity contribution < 1.29 is 24.7 Å². The molecule has 1 amide bonds. The molecule has 0 radical (unpaired) electrons. The van der Waals surface area contributed by atoms with Crippen LogP contribution >= 0.6 is 11.6 Å². The second-order valence-electron chi connectivity index (χ2n) is 3.44. The first-order chi connectivity index (χ1) is 8.88. The molecule has 1 rings (SSSR count). The smallest absolute Gasteiger partial charge is 0.328 e. The Kier molecular flexibility index (Phi) is 4.79. The zero-order valence-electron chi connectivity index (χ0n) is 9.37. The summed E-state index contributed by atoms with van der Waals surface area (Å²) in [4.78, 5) is 32.4. The van der Waals surface area contributed by atoms with Crippen molar-refractivity contribution in [3.8, 4) is 0 Å². The molecule has 0 spiro atoms. The van der Waals surface area contributed by atoms with Crippen molar-refractivity contribution in [1.29, 1.82) is 0 Å². The van der Waals surface area contributed by atoms with Gasteiger partial charge in [0.1, 0.15) is 5.56 Å². The Bertz CT molecular complexity index is 533. The minimum absolute atomic E-state index is 0.186. The summed E-state index contributed by atoms with van der Waals surface area (Å²) >= 11 is 5.70. The van der Waals surface area contributed by atoms with E-state index in [2.05, 4.69) is 0 Å². The van der Waals surface area contributed by atoms with Gasteiger partial charge in [0.15, 0.2) is 6.04 Å². The molecule has 9 heteroatoms. The number of nitro groups is 1. The average molecular weight is 289 g/mol. The van der Waals surface area contributed by atoms with Crippen LogP contribution in [0.3, 0.4) is 0 Å². The van der Waals surface area contributed by atoms with E-state index < -0.39 is 40.7 Å². The summed E-state index contributed by atoms with van der Waals surface area (Å²) in [5.41, 5.74) is -0.999. The number of aliphatic hydroxyl groups excluding tert-OH is 1. The van der Waals surface area contributed by atoms with Crippen LogP contribution in [0, 0.1) is 10.1 Å². The van der Waals surface area contributed by atoms with Crippen molar-refractivity contribution in [2.75, 3.05) is 6.61 Å². The number of halogens is 1. The molecule has 0 aliphatic carbocycles. The number of carboxylic acids is 1. The summed E-state index contributed by atoms with van der Waals surface area (Å²) in [5.74, 6) is -2.51. The number of nitrogens with zero attached hydrogens (tertiary/aromatic N) is 1. The first-order valence-corrected chi connectivity index (χ1v) is 5.33. The standard InChI is InChI=1S/C10H9ClN2O6/c11-5-2-1-3-7(13(18)19)8(5)9(15)12-6(4-14)10(16)17/h1-3,6,14H,4H2,(H,12,15)(H,16,17)/t6-/m1/s1. The summed E-state index contributed by atoms with van der Waals surface area (Å²) in [7, 11) is 0. The van der Waals surface area contributed by atoms with Crippen LogP contribution in [0.1, 0.15) is 10.4 Å². The maximum absolute atomic E-state index is 11.8. The van der Waals surface area contributed by atoms with Gasteiger partial charge in [0.2, 0.25) is 0 Å². The monoisotopic (exact) mass is 288 g/mol. The number of carbonyl (C=O) groups is 2. The summed E-state index contributed by atoms with van der Waals surface area (Å²) in [6.45, 7) is -0.848. The van der Waals surface area contributed by atoms with Gasteiger partial charge in [-0.3, -0.25) is 14.9 Å². The van der Waals surface area contributed by atoms with E-state index in [1.54, 1.807) is 0 Å². The van der Waals surface area contributed by atoms with Crippen LogP contribution in [0.2, 0.25) is 5.02 Å². The van der Waals surface area contributed by atoms with Crippen LogP contribution in [-0.2, 0) is 4.79 Å². The van der Waals surface area contributed by atoms with Gasteiger partial charge in [0.05, 0.1) is 16.6 Å². The van der Waals surface area contributed by atoms with Crippen LogP contribution in [0.4, 0.5) is 5.69 Å². The SMILES string of the molecule is O=C(N[C@H](CO)C(=O)O)c1c(Cl)cccc1[N+](=O)[O-]. The first kappa shape index (κ1) is 14.9. The predicted molar refractivity (Wildman–Crippen MR) is 64.1 cm³/mol. The molecule has 1 aromatic carbocycles. The fourth-order valence-corrected chi connectivity index (χ4v) is 1.56. The first-order valence-electron chi connectivity index (χ1n) is 4.96. The lowest BCUT2D eigenvalue weighted by Gasteiger charge is -2.12. The fraction of sp³-hybridized carbons (Fsp3) is 0.200. The van der Waals surface area contributed by atoms with Crippen LogP contribution in [0.15, 0.2) is 18.2 Å². The minimum Gasteiger partial charge on any atom is -0.480 e. The highest BCUT2D eigenvalue weighted by Crippen LogP contribution is 2.26. The Morgan fingerprint density at radius 3 is 2.58 bits per heavy atom. The fourth-order valence-electron chi connectivity index (χ4n) is 1.31. The number of rotatable bonds is 5. The maximum atomic E-state index is 11.8. The molecule has 0 fully saturated rings. The third-order valence-corrected chi connectivity index (χ3v) is 2.52. The van der Waals surface area contributed by atoms with Gasteiger partial charge in [-0.25, -0.2) is 4.79 Å². The van der Waals surface area contributed by atoms with E-state index in [-0.39, 0.29) is 5.02 Å². The normalized spacial score (nSPS) is 11.7. The van der Waals surface area contributed by atoms with Crippen molar-refractivity contribution >= 4 is 29.2 Å². The van der Waals surface area contributed by atoms with E-state index in [0.717, 1.165) is 6.07 Å². The molecule has 0 aromatic heterocycles. The van der Waals surface area contributed by atoms with Crippen molar-refractivity contribution in [2.45, 2.75) is 6.04 Å². The molecule has 8 nitrogen and oxygen atoms in total. The number of nitrogens with one attached hydrogen (secondary N) is 1. The Labute approximate surface area is 111 Å². The molecule has 1 atom stereocenters. The van der Waals surface area contributed by atoms with Crippen LogP contribution in [0.25, 0.3) is 0 Å². The van der Waals surface area contributed by atoms with Gasteiger partial charge in [-0.05, 0) is 6.07 Å². The third kappa shape index (κ3) is 3.39. The molecule has 102 valence electrons. The molecule has 19 heavy (non-hydrogen) atoms. The number of aliphatic carboxylic acids is 1. The molecular weight excluding hydrogens is 280 g/mol. The highest BCUT2D eigenvalue weighted by molar-refractivity contribution is 6.34. The minimum atomic E-state index is -1.57. The predicted octanol–water partition coefficient (Wildman–Crippen LogP) is 0.424. The van der Waals surface area contributed by atoms with Crippen molar-refractivity contribution in [1.82, 2.24) is 5.32 Å². The van der Waals surface area contributed by atoms with Gasteiger partial charge in [-0.15, -0.1) is 0 Å². The maximum Gasteiger partial charge on any atom is 0.328 e. The molecule has 0 saturated carbocycles. The van der Waals surface area contributed by atoms with Gasteiger partial charge in [-0.1, -0.05) is 17.7 Å².